The molecule has 2 aliphatic heterocycles. The molecule has 13 atom stereocenters. The summed E-state index contributed by atoms with van der Waals surface area (Å²) >= 11 is 0. The molecule has 17 saturated carbocycles. The first-order valence-electron chi connectivity index (χ1n) is 56.1. The minimum atomic E-state index is -0.687. The van der Waals surface area contributed by atoms with Gasteiger partial charge in [0.15, 0.2) is 0 Å². The molecule has 17 aliphatic carbocycles. The quantitative estimate of drug-likeness (QED) is 0.0319. The molecule has 3 N–H and O–H groups in total. The van der Waals surface area contributed by atoms with E-state index in [0.717, 1.165) is 170 Å². The highest BCUT2D eigenvalue weighted by molar-refractivity contribution is 5.84. The summed E-state index contributed by atoms with van der Waals surface area (Å²) in [7, 11) is 0. The maximum atomic E-state index is 12.7. The number of hydrogen-bond acceptors (Lipinski definition) is 23. The molecule has 0 aromatic heterocycles. The number of carbonyl (C=O) groups excluding carboxylic acids is 10. The van der Waals surface area contributed by atoms with E-state index in [0.29, 0.717) is 98.9 Å². The molecule has 19 aliphatic rings. The zero-order valence-electron chi connectivity index (χ0n) is 92.7. The molecule has 802 valence electrons. The summed E-state index contributed by atoms with van der Waals surface area (Å²) in [5.41, 5.74) is -5.62. The number of aliphatic hydroxyl groups is 2. The smallest absolute Gasteiger partial charge is 0.347 e. The van der Waals surface area contributed by atoms with Crippen LogP contribution >= 0.6 is 0 Å². The van der Waals surface area contributed by atoms with E-state index in [9.17, 15) is 58.2 Å². The first-order chi connectivity index (χ1) is 65.7. The molecule has 1 aromatic carbocycles. The molecule has 0 radical (unpaired) electrons. The second kappa shape index (κ2) is 46.2. The molecule has 0 amide bonds. The molecule has 20 rings (SSSR count). The Morgan fingerprint density at radius 2 is 0.688 bits per heavy atom. The van der Waals surface area contributed by atoms with Gasteiger partial charge in [0.2, 0.25) is 12.2 Å². The van der Waals surface area contributed by atoms with E-state index in [1.165, 1.54) is 115 Å². The minimum absolute atomic E-state index is 0.00702. The van der Waals surface area contributed by atoms with Gasteiger partial charge in [-0.25, -0.2) is 9.59 Å². The zero-order chi connectivity index (χ0) is 105. The topological polar surface area (TPSA) is 324 Å². The predicted octanol–water partition coefficient (Wildman–Crippen LogP) is 25.6. The molecular formula is C118H192O23. The largest absolute Gasteiger partial charge is 0.508 e. The number of benzene rings is 1. The third-order valence-electron chi connectivity index (χ3n) is 38.7. The summed E-state index contributed by atoms with van der Waals surface area (Å²) in [5.74, 6) is 9.48. The van der Waals surface area contributed by atoms with Crippen molar-refractivity contribution in [1.82, 2.24) is 0 Å². The monoisotopic (exact) mass is 1980 g/mol. The van der Waals surface area contributed by atoms with Gasteiger partial charge in [0.25, 0.3) is 0 Å². The van der Waals surface area contributed by atoms with Crippen molar-refractivity contribution in [2.75, 3.05) is 13.2 Å². The molecule has 13 unspecified atom stereocenters. The summed E-state index contributed by atoms with van der Waals surface area (Å²) < 4.78 is 55.2. The number of phenols is 1. The van der Waals surface area contributed by atoms with Crippen LogP contribution in [0.5, 0.6) is 11.5 Å². The van der Waals surface area contributed by atoms with E-state index >= 15 is 0 Å². The van der Waals surface area contributed by atoms with Crippen molar-refractivity contribution >= 4 is 59.7 Å². The summed E-state index contributed by atoms with van der Waals surface area (Å²) in [6.07, 6.45) is 42.1. The second-order valence-corrected chi connectivity index (χ2v) is 52.3. The van der Waals surface area contributed by atoms with Crippen molar-refractivity contribution in [2.45, 2.75) is 508 Å². The predicted molar refractivity (Wildman–Crippen MR) is 545 cm³/mol. The van der Waals surface area contributed by atoms with Crippen LogP contribution in [0.4, 0.5) is 0 Å². The average molecular weight is 1980 g/mol. The van der Waals surface area contributed by atoms with Crippen LogP contribution in [0.3, 0.4) is 0 Å². The first kappa shape index (κ1) is 117. The molecule has 141 heavy (non-hydrogen) atoms. The standard InChI is InChI=1S/C20H32O2.C18H30O2.2C16H26O3.C16H30O2.C12H16O3.2C10H16O4/c1-5-19(3,4)18(21)22-20(6-2)11-14-10-15(20)17-13-8-7-12(9-13)16(14)17;1-5-17(3,4)16(19)20-18(6-2)14-8-12-7-13(10-14)11-15(18)9-12;2*1-4-14(2,3)13(17)19-16-8-11-5-12(9-16)7-15(18,6-11)10-16;1-5-15(3,4)14(17)18-16(6-2)12-10-8-7-9-11-13-16;1-4-12(2,3)11(14)15-10-7-5-9(13)6-8-10;2*1-4-10(2,3)9(12)14-7-5-6-13-8(7)11/h12-17H,5-11H2,1-4H3;12-15H,5-11H2,1-4H3;2*11-12,18H,4-10H2,1-3H3;5-13H2,1-4H3;5-8,13H,4H2,1-3H3;2*7H,4-6H2,1-3H3. The van der Waals surface area contributed by atoms with Crippen LogP contribution < -0.4 is 4.74 Å². The number of hydrogen-bond donors (Lipinski definition) is 3. The van der Waals surface area contributed by atoms with Crippen LogP contribution in [0.15, 0.2) is 24.3 Å². The number of fused-ring (bicyclic) bond motifs is 9. The molecule has 2 heterocycles. The van der Waals surface area contributed by atoms with Gasteiger partial charge in [-0.15, -0.1) is 0 Å². The second-order valence-electron chi connectivity index (χ2n) is 52.3. The van der Waals surface area contributed by atoms with Crippen molar-refractivity contribution in [3.05, 3.63) is 24.3 Å². The van der Waals surface area contributed by atoms with E-state index < -0.39 is 62.4 Å². The maximum absolute atomic E-state index is 12.7. The van der Waals surface area contributed by atoms with Gasteiger partial charge in [-0.2, -0.15) is 0 Å². The van der Waals surface area contributed by atoms with Gasteiger partial charge in [-0.05, 0) is 437 Å². The van der Waals surface area contributed by atoms with Crippen molar-refractivity contribution in [2.24, 2.45) is 126 Å². The van der Waals surface area contributed by atoms with Crippen LogP contribution in [0, 0.1) is 126 Å². The van der Waals surface area contributed by atoms with Gasteiger partial charge in [-0.1, -0.05) is 95.4 Å². The number of cyclic esters (lactones) is 2. The van der Waals surface area contributed by atoms with E-state index in [1.807, 2.05) is 118 Å². The minimum Gasteiger partial charge on any atom is -0.508 e. The lowest BCUT2D eigenvalue weighted by Gasteiger charge is -2.60. The van der Waals surface area contributed by atoms with E-state index in [4.69, 9.17) is 52.5 Å². The SMILES string of the molecule is CCC(C)(C)C(=O)OC1(CC)C2CC3CC(C2)CC1C3.CCC(C)(C)C(=O)OC1(CC)CC2CC1C1C3CCC(C3)C21.CCC(C)(C)C(=O)OC12CC3CC(CC(O)(C3)C1)C2.CCC(C)(C)C(=O)OC12CC3CC(CC(O)(C3)C1)C2.CCC(C)(C)C(=O)OC1CCOC1=O.CCC(C)(C)C(=O)OC1CCOC1=O.CCC(C)(C)C(=O)Oc1ccc(O)cc1.CCC1(OC(=O)C(C)(C)CC)CCCCCCC1. The lowest BCUT2D eigenvalue weighted by Crippen LogP contribution is -2.61. The van der Waals surface area contributed by atoms with Crippen LogP contribution in [-0.2, 0) is 90.6 Å². The summed E-state index contributed by atoms with van der Waals surface area (Å²) in [5, 5.41) is 30.4. The van der Waals surface area contributed by atoms with Crippen molar-refractivity contribution in [3.8, 4) is 11.5 Å². The Labute approximate surface area is 848 Å². The van der Waals surface area contributed by atoms with Gasteiger partial charge in [-0.3, -0.25) is 38.4 Å². The van der Waals surface area contributed by atoms with E-state index in [-0.39, 0.29) is 97.8 Å². The fourth-order valence-corrected chi connectivity index (χ4v) is 27.0. The van der Waals surface area contributed by atoms with Crippen molar-refractivity contribution in [1.29, 1.82) is 0 Å². The van der Waals surface area contributed by atoms with E-state index in [1.54, 1.807) is 39.8 Å². The molecule has 23 heteroatoms. The maximum Gasteiger partial charge on any atom is 0.347 e. The van der Waals surface area contributed by atoms with Gasteiger partial charge in [0.05, 0.1) is 67.7 Å². The third-order valence-corrected chi connectivity index (χ3v) is 38.7. The molecule has 16 bridgehead atoms. The lowest BCUT2D eigenvalue weighted by atomic mass is 9.49. The fourth-order valence-electron chi connectivity index (χ4n) is 27.0. The Kier molecular flexibility index (Phi) is 38.2. The number of aromatic hydroxyl groups is 1. The third kappa shape index (κ3) is 27.6. The molecule has 2 saturated heterocycles. The van der Waals surface area contributed by atoms with Gasteiger partial charge >= 0.3 is 59.7 Å². The number of rotatable bonds is 27. The zero-order valence-corrected chi connectivity index (χ0v) is 92.7. The molecule has 1 aromatic rings. The first-order valence-corrected chi connectivity index (χ1v) is 56.1. The van der Waals surface area contributed by atoms with Crippen LogP contribution in [0.25, 0.3) is 0 Å². The highest BCUT2D eigenvalue weighted by Crippen LogP contribution is 2.72. The Balaban J connectivity index is 0.000000167. The highest BCUT2D eigenvalue weighted by Gasteiger charge is 2.69. The highest BCUT2D eigenvalue weighted by atomic mass is 16.6. The number of phenolic OH excluding ortho intramolecular Hbond substituents is 1. The Morgan fingerprint density at radius 1 is 0.348 bits per heavy atom. The summed E-state index contributed by atoms with van der Waals surface area (Å²) in [6.45, 7) is 54.1. The molecule has 19 fully saturated rings. The molecule has 0 spiro atoms. The van der Waals surface area contributed by atoms with Crippen LogP contribution in [-0.4, -0.2) is 140 Å². The van der Waals surface area contributed by atoms with Crippen LogP contribution in [0.2, 0.25) is 0 Å². The summed E-state index contributed by atoms with van der Waals surface area (Å²) in [6, 6.07) is 6.11. The van der Waals surface area contributed by atoms with Crippen molar-refractivity contribution in [3.63, 3.8) is 0 Å². The average Bonchev–Trinajstić information content (AvgIpc) is 1.53. The lowest BCUT2D eigenvalue weighted by molar-refractivity contribution is -0.226. The number of esters is 10. The van der Waals surface area contributed by atoms with E-state index in [2.05, 4.69) is 41.5 Å². The Hall–Kier alpha value is -6.36. The van der Waals surface area contributed by atoms with Crippen molar-refractivity contribution < 1.29 is 111 Å². The number of carbonyl (C=O) groups is 10. The van der Waals surface area contributed by atoms with Gasteiger partial charge in [0.1, 0.15) is 39.5 Å². The summed E-state index contributed by atoms with van der Waals surface area (Å²) in [4.78, 5) is 119. The fraction of sp³-hybridized carbons (Fsp3) is 0.864. The normalized spacial score (nSPS) is 33.9. The Bertz CT molecular complexity index is 4210. The van der Waals surface area contributed by atoms with Gasteiger partial charge in [0, 0.05) is 31.6 Å². The molecule has 23 nitrogen and oxygen atoms in total. The van der Waals surface area contributed by atoms with Gasteiger partial charge < -0.3 is 62.7 Å². The molecular weight excluding hydrogens is 1790 g/mol. The Morgan fingerprint density at radius 3 is 1.04 bits per heavy atom. The number of ether oxygens (including phenoxy) is 10. The van der Waals surface area contributed by atoms with Crippen LogP contribution in [0.1, 0.15) is 457 Å².